The van der Waals surface area contributed by atoms with E-state index in [2.05, 4.69) is 20.8 Å². The molecule has 0 aromatic heterocycles. The normalized spacial score (nSPS) is 15.2. The minimum Gasteiger partial charge on any atom is -0.490 e. The second kappa shape index (κ2) is 11.0. The van der Waals surface area contributed by atoms with Crippen LogP contribution in [0.1, 0.15) is 32.3 Å². The van der Waals surface area contributed by atoms with E-state index in [0.717, 1.165) is 41.7 Å². The van der Waals surface area contributed by atoms with Crippen LogP contribution in [-0.4, -0.2) is 50.6 Å². The molecule has 32 heavy (non-hydrogen) atoms. The van der Waals surface area contributed by atoms with Crippen molar-refractivity contribution in [1.82, 2.24) is 4.90 Å². The molecule has 1 aliphatic rings. The Hall–Kier alpha value is -2.32. The standard InChI is InChI=1S/C24H30BrN3O3S/c1-3-32(29,30)28(15-5-7-20-6-4-8-21(25)18-20)22-9-11-23(12-10-22)31-24-13-16-27(17-14-24)19(2)26/h4-12,18,24,26H,3,13-17H2,1-2H3/b7-5+,26-19?. The number of hydrogen-bond donors (Lipinski definition) is 1. The van der Waals surface area contributed by atoms with E-state index < -0.39 is 10.0 Å². The average molecular weight is 520 g/mol. The first-order chi connectivity index (χ1) is 15.3. The number of nitrogens with zero attached hydrogens (tertiary/aromatic N) is 2. The maximum atomic E-state index is 12.7. The first kappa shape index (κ1) is 24.3. The number of benzene rings is 2. The van der Waals surface area contributed by atoms with E-state index in [1.54, 1.807) is 19.1 Å². The van der Waals surface area contributed by atoms with Gasteiger partial charge < -0.3 is 9.64 Å². The molecule has 0 amide bonds. The van der Waals surface area contributed by atoms with E-state index in [-0.39, 0.29) is 18.4 Å². The highest BCUT2D eigenvalue weighted by Gasteiger charge is 2.22. The molecule has 1 saturated heterocycles. The van der Waals surface area contributed by atoms with Crippen LogP contribution < -0.4 is 9.04 Å². The molecule has 1 fully saturated rings. The van der Waals surface area contributed by atoms with Crippen molar-refractivity contribution < 1.29 is 13.2 Å². The number of rotatable bonds is 8. The molecule has 8 heteroatoms. The molecule has 0 saturated carbocycles. The summed E-state index contributed by atoms with van der Waals surface area (Å²) in [7, 11) is -3.42. The van der Waals surface area contributed by atoms with E-state index in [0.29, 0.717) is 11.5 Å². The third-order valence-electron chi connectivity index (χ3n) is 5.47. The van der Waals surface area contributed by atoms with E-state index in [9.17, 15) is 8.42 Å². The van der Waals surface area contributed by atoms with Gasteiger partial charge in [0.1, 0.15) is 11.9 Å². The first-order valence-corrected chi connectivity index (χ1v) is 13.2. The van der Waals surface area contributed by atoms with Crippen LogP contribution in [-0.2, 0) is 10.0 Å². The van der Waals surface area contributed by atoms with Crippen LogP contribution in [0.3, 0.4) is 0 Å². The fraction of sp³-hybridized carbons (Fsp3) is 0.375. The van der Waals surface area contributed by atoms with E-state index in [1.807, 2.05) is 55.5 Å². The summed E-state index contributed by atoms with van der Waals surface area (Å²) in [5, 5.41) is 7.74. The van der Waals surface area contributed by atoms with Crippen LogP contribution in [0.15, 0.2) is 59.1 Å². The zero-order valence-corrected chi connectivity index (χ0v) is 20.9. The number of piperidine rings is 1. The molecule has 0 unspecified atom stereocenters. The molecule has 2 aromatic carbocycles. The number of anilines is 1. The molecule has 6 nitrogen and oxygen atoms in total. The third kappa shape index (κ3) is 6.59. The Morgan fingerprint density at radius 1 is 1.22 bits per heavy atom. The van der Waals surface area contributed by atoms with Gasteiger partial charge in [-0.25, -0.2) is 8.42 Å². The highest BCUT2D eigenvalue weighted by atomic mass is 79.9. The van der Waals surface area contributed by atoms with Gasteiger partial charge in [-0.2, -0.15) is 0 Å². The molecule has 1 N–H and O–H groups in total. The van der Waals surface area contributed by atoms with Crippen molar-refractivity contribution in [1.29, 1.82) is 5.41 Å². The minimum absolute atomic E-state index is 0.0288. The van der Waals surface area contributed by atoms with Crippen LogP contribution in [0.25, 0.3) is 6.08 Å². The van der Waals surface area contributed by atoms with Crippen molar-refractivity contribution in [2.45, 2.75) is 32.8 Å². The van der Waals surface area contributed by atoms with Crippen LogP contribution in [0, 0.1) is 5.41 Å². The number of halogens is 1. The average Bonchev–Trinajstić information content (AvgIpc) is 2.78. The zero-order chi connectivity index (χ0) is 23.1. The summed E-state index contributed by atoms with van der Waals surface area (Å²) in [5.41, 5.74) is 1.62. The molecule has 2 aromatic rings. The Labute approximate surface area is 199 Å². The highest BCUT2D eigenvalue weighted by Crippen LogP contribution is 2.25. The Kier molecular flexibility index (Phi) is 8.37. The summed E-state index contributed by atoms with van der Waals surface area (Å²) in [4.78, 5) is 2.05. The lowest BCUT2D eigenvalue weighted by Gasteiger charge is -2.32. The van der Waals surface area contributed by atoms with Gasteiger partial charge in [-0.15, -0.1) is 0 Å². The summed E-state index contributed by atoms with van der Waals surface area (Å²) in [6.07, 6.45) is 5.63. The molecule has 1 heterocycles. The van der Waals surface area contributed by atoms with Gasteiger partial charge in [0.2, 0.25) is 10.0 Å². The molecule has 172 valence electrons. The maximum Gasteiger partial charge on any atom is 0.235 e. The van der Waals surface area contributed by atoms with Crippen LogP contribution in [0.5, 0.6) is 5.75 Å². The van der Waals surface area contributed by atoms with Crippen molar-refractivity contribution in [2.75, 3.05) is 29.7 Å². The van der Waals surface area contributed by atoms with E-state index in [1.165, 1.54) is 4.31 Å². The van der Waals surface area contributed by atoms with Crippen LogP contribution in [0.2, 0.25) is 0 Å². The molecule has 0 radical (unpaired) electrons. The molecule has 0 bridgehead atoms. The lowest BCUT2D eigenvalue weighted by molar-refractivity contribution is 0.130. The quantitative estimate of drug-likeness (QED) is 0.386. The van der Waals surface area contributed by atoms with E-state index in [4.69, 9.17) is 10.1 Å². The van der Waals surface area contributed by atoms with Crippen LogP contribution in [0.4, 0.5) is 5.69 Å². The predicted octanol–water partition coefficient (Wildman–Crippen LogP) is 5.16. The summed E-state index contributed by atoms with van der Waals surface area (Å²) >= 11 is 3.45. The largest absolute Gasteiger partial charge is 0.490 e. The Bertz CT molecular complexity index is 1050. The molecular weight excluding hydrogens is 490 g/mol. The number of sulfonamides is 1. The maximum absolute atomic E-state index is 12.7. The van der Waals surface area contributed by atoms with Crippen molar-refractivity contribution in [3.05, 3.63) is 64.6 Å². The van der Waals surface area contributed by atoms with Crippen molar-refractivity contribution in [2.24, 2.45) is 0 Å². The molecule has 0 spiro atoms. The van der Waals surface area contributed by atoms with Gasteiger partial charge in [0.05, 0.1) is 23.8 Å². The summed E-state index contributed by atoms with van der Waals surface area (Å²) in [6.45, 7) is 5.37. The smallest absolute Gasteiger partial charge is 0.235 e. The highest BCUT2D eigenvalue weighted by molar-refractivity contribution is 9.10. The van der Waals surface area contributed by atoms with Crippen LogP contribution >= 0.6 is 15.9 Å². The van der Waals surface area contributed by atoms with Gasteiger partial charge in [-0.3, -0.25) is 9.71 Å². The number of likely N-dealkylation sites (tertiary alicyclic amines) is 1. The lowest BCUT2D eigenvalue weighted by atomic mass is 10.1. The number of amidine groups is 1. The van der Waals surface area contributed by atoms with Gasteiger partial charge in [0.25, 0.3) is 0 Å². The predicted molar refractivity (Wildman–Crippen MR) is 135 cm³/mol. The monoisotopic (exact) mass is 519 g/mol. The van der Waals surface area contributed by atoms with E-state index >= 15 is 0 Å². The first-order valence-electron chi connectivity index (χ1n) is 10.8. The fourth-order valence-electron chi connectivity index (χ4n) is 3.62. The van der Waals surface area contributed by atoms with Gasteiger partial charge in [0.15, 0.2) is 0 Å². The lowest BCUT2D eigenvalue weighted by Crippen LogP contribution is -2.40. The summed E-state index contributed by atoms with van der Waals surface area (Å²) < 4.78 is 33.9. The zero-order valence-electron chi connectivity index (χ0n) is 18.5. The second-order valence-corrected chi connectivity index (χ2v) is 10.9. The SMILES string of the molecule is CCS(=O)(=O)N(C/C=C/c1cccc(Br)c1)c1ccc(OC2CCN(C(C)=N)CC2)cc1. The number of ether oxygens (including phenoxy) is 1. The molecule has 0 atom stereocenters. The van der Waals surface area contributed by atoms with Gasteiger partial charge >= 0.3 is 0 Å². The molecular formula is C24H30BrN3O3S. The Morgan fingerprint density at radius 2 is 1.91 bits per heavy atom. The molecule has 1 aliphatic heterocycles. The minimum atomic E-state index is -3.42. The second-order valence-electron chi connectivity index (χ2n) is 7.77. The Morgan fingerprint density at radius 3 is 2.50 bits per heavy atom. The van der Waals surface area contributed by atoms with Gasteiger partial charge in [-0.05, 0) is 55.8 Å². The number of nitrogens with one attached hydrogen (secondary N) is 1. The van der Waals surface area contributed by atoms with Crippen molar-refractivity contribution in [3.63, 3.8) is 0 Å². The van der Waals surface area contributed by atoms with Gasteiger partial charge in [-0.1, -0.05) is 40.2 Å². The van der Waals surface area contributed by atoms with Crippen molar-refractivity contribution >= 4 is 43.6 Å². The summed E-state index contributed by atoms with van der Waals surface area (Å²) in [5.74, 6) is 1.36. The fourth-order valence-corrected chi connectivity index (χ4v) is 5.11. The topological polar surface area (TPSA) is 73.7 Å². The summed E-state index contributed by atoms with van der Waals surface area (Å²) in [6, 6.07) is 15.1. The van der Waals surface area contributed by atoms with Gasteiger partial charge in [0, 0.05) is 30.4 Å². The molecule has 0 aliphatic carbocycles. The molecule has 3 rings (SSSR count). The number of hydrogen-bond acceptors (Lipinski definition) is 4. The Balaban J connectivity index is 1.67. The third-order valence-corrected chi connectivity index (χ3v) is 7.73. The van der Waals surface area contributed by atoms with Crippen molar-refractivity contribution in [3.8, 4) is 5.75 Å².